The molecule has 0 aliphatic heterocycles. The summed E-state index contributed by atoms with van der Waals surface area (Å²) >= 11 is 5.86. The van der Waals surface area contributed by atoms with E-state index in [9.17, 15) is 4.79 Å². The fraction of sp³-hybridized carbons (Fsp3) is 0.333. The number of amides is 1. The molecule has 0 spiro atoms. The standard InChI is InChI=1S/C12H14ClN3O/c1-7-3-4-10-9(5-7)15-11(6-13)16(10)8(2)12(14)17/h3-5,8H,6H2,1-2H3,(H2,14,17). The molecule has 2 aromatic rings. The van der Waals surface area contributed by atoms with Crippen molar-refractivity contribution in [3.05, 3.63) is 29.6 Å². The van der Waals surface area contributed by atoms with Gasteiger partial charge in [0.05, 0.1) is 16.9 Å². The van der Waals surface area contributed by atoms with E-state index < -0.39 is 11.9 Å². The molecule has 0 saturated carbocycles. The number of hydrogen-bond donors (Lipinski definition) is 1. The van der Waals surface area contributed by atoms with Crippen LogP contribution in [0.15, 0.2) is 18.2 Å². The Balaban J connectivity index is 2.70. The zero-order valence-corrected chi connectivity index (χ0v) is 10.5. The average Bonchev–Trinajstić information content (AvgIpc) is 2.65. The lowest BCUT2D eigenvalue weighted by atomic mass is 10.2. The van der Waals surface area contributed by atoms with E-state index in [-0.39, 0.29) is 5.88 Å². The van der Waals surface area contributed by atoms with Crippen LogP contribution in [0.1, 0.15) is 24.4 Å². The van der Waals surface area contributed by atoms with Crippen LogP contribution in [-0.4, -0.2) is 15.5 Å². The molecule has 90 valence electrons. The molecule has 17 heavy (non-hydrogen) atoms. The fourth-order valence-electron chi connectivity index (χ4n) is 1.91. The normalized spacial score (nSPS) is 12.9. The molecule has 1 heterocycles. The number of aromatic nitrogens is 2. The number of alkyl halides is 1. The summed E-state index contributed by atoms with van der Waals surface area (Å²) in [5, 5.41) is 0. The Morgan fingerprint density at radius 3 is 2.88 bits per heavy atom. The summed E-state index contributed by atoms with van der Waals surface area (Å²) in [6, 6.07) is 5.44. The minimum Gasteiger partial charge on any atom is -0.368 e. The molecule has 1 aromatic carbocycles. The van der Waals surface area contributed by atoms with Crippen molar-refractivity contribution in [2.24, 2.45) is 5.73 Å². The number of nitrogens with zero attached hydrogens (tertiary/aromatic N) is 2. The Labute approximate surface area is 104 Å². The number of nitrogens with two attached hydrogens (primary N) is 1. The summed E-state index contributed by atoms with van der Waals surface area (Å²) in [7, 11) is 0. The molecule has 0 aliphatic rings. The van der Waals surface area contributed by atoms with E-state index in [4.69, 9.17) is 17.3 Å². The number of halogens is 1. The van der Waals surface area contributed by atoms with Crippen LogP contribution in [0, 0.1) is 6.92 Å². The lowest BCUT2D eigenvalue weighted by Gasteiger charge is -2.13. The summed E-state index contributed by atoms with van der Waals surface area (Å²) in [6.07, 6.45) is 0. The Bertz CT molecular complexity index is 576. The Morgan fingerprint density at radius 1 is 1.59 bits per heavy atom. The van der Waals surface area contributed by atoms with E-state index >= 15 is 0 Å². The zero-order valence-electron chi connectivity index (χ0n) is 9.77. The average molecular weight is 252 g/mol. The van der Waals surface area contributed by atoms with Crippen molar-refractivity contribution in [3.8, 4) is 0 Å². The number of carbonyl (C=O) groups is 1. The first-order valence-corrected chi connectivity index (χ1v) is 5.90. The Hall–Kier alpha value is -1.55. The smallest absolute Gasteiger partial charge is 0.240 e. The Kier molecular flexibility index (Phi) is 3.07. The molecular weight excluding hydrogens is 238 g/mol. The van der Waals surface area contributed by atoms with Crippen molar-refractivity contribution in [1.82, 2.24) is 9.55 Å². The minimum absolute atomic E-state index is 0.255. The van der Waals surface area contributed by atoms with Crippen molar-refractivity contribution in [3.63, 3.8) is 0 Å². The molecule has 2 rings (SSSR count). The molecule has 0 aliphatic carbocycles. The highest BCUT2D eigenvalue weighted by atomic mass is 35.5. The number of imidazole rings is 1. The van der Waals surface area contributed by atoms with Gasteiger partial charge in [0.25, 0.3) is 0 Å². The molecule has 2 N–H and O–H groups in total. The molecule has 0 fully saturated rings. The topological polar surface area (TPSA) is 60.9 Å². The molecule has 1 aromatic heterocycles. The van der Waals surface area contributed by atoms with Crippen LogP contribution in [0.5, 0.6) is 0 Å². The molecular formula is C12H14ClN3O. The summed E-state index contributed by atoms with van der Waals surface area (Å²) in [4.78, 5) is 15.7. The van der Waals surface area contributed by atoms with E-state index in [1.165, 1.54) is 0 Å². The molecule has 1 atom stereocenters. The summed E-state index contributed by atoms with van der Waals surface area (Å²) in [6.45, 7) is 3.75. The van der Waals surface area contributed by atoms with Gasteiger partial charge in [-0.15, -0.1) is 11.6 Å². The largest absolute Gasteiger partial charge is 0.368 e. The number of rotatable bonds is 3. The van der Waals surface area contributed by atoms with Crippen LogP contribution in [-0.2, 0) is 10.7 Å². The van der Waals surface area contributed by atoms with Crippen LogP contribution in [0.25, 0.3) is 11.0 Å². The van der Waals surface area contributed by atoms with Gasteiger partial charge in [0.1, 0.15) is 11.9 Å². The van der Waals surface area contributed by atoms with Crippen molar-refractivity contribution in [1.29, 1.82) is 0 Å². The monoisotopic (exact) mass is 251 g/mol. The van der Waals surface area contributed by atoms with Gasteiger partial charge in [0.15, 0.2) is 0 Å². The second kappa shape index (κ2) is 4.37. The van der Waals surface area contributed by atoms with Gasteiger partial charge in [0.2, 0.25) is 5.91 Å². The van der Waals surface area contributed by atoms with Crippen molar-refractivity contribution >= 4 is 28.5 Å². The Morgan fingerprint density at radius 2 is 2.29 bits per heavy atom. The van der Waals surface area contributed by atoms with Gasteiger partial charge in [-0.25, -0.2) is 4.98 Å². The molecule has 1 unspecified atom stereocenters. The zero-order chi connectivity index (χ0) is 12.6. The maximum absolute atomic E-state index is 11.3. The van der Waals surface area contributed by atoms with Crippen LogP contribution in [0.2, 0.25) is 0 Å². The predicted octanol–water partition coefficient (Wildman–Crippen LogP) is 2.13. The van der Waals surface area contributed by atoms with Crippen LogP contribution < -0.4 is 5.73 Å². The number of carbonyl (C=O) groups excluding carboxylic acids is 1. The lowest BCUT2D eigenvalue weighted by molar-refractivity contribution is -0.120. The van der Waals surface area contributed by atoms with Gasteiger partial charge in [-0.1, -0.05) is 6.07 Å². The molecule has 4 nitrogen and oxygen atoms in total. The van der Waals surface area contributed by atoms with Crippen LogP contribution >= 0.6 is 11.6 Å². The highest BCUT2D eigenvalue weighted by Gasteiger charge is 2.18. The molecule has 0 radical (unpaired) electrons. The second-order valence-corrected chi connectivity index (χ2v) is 4.37. The van der Waals surface area contributed by atoms with Gasteiger partial charge >= 0.3 is 0 Å². The van der Waals surface area contributed by atoms with E-state index in [2.05, 4.69) is 4.98 Å². The first kappa shape index (κ1) is 11.9. The quantitative estimate of drug-likeness (QED) is 0.850. The first-order valence-electron chi connectivity index (χ1n) is 5.37. The fourth-order valence-corrected chi connectivity index (χ4v) is 2.10. The van der Waals surface area contributed by atoms with E-state index in [0.717, 1.165) is 16.6 Å². The lowest BCUT2D eigenvalue weighted by Crippen LogP contribution is -2.25. The SMILES string of the molecule is Cc1ccc2c(c1)nc(CCl)n2C(C)C(N)=O. The molecule has 0 bridgehead atoms. The summed E-state index contributed by atoms with van der Waals surface area (Å²) in [5.74, 6) is 0.528. The van der Waals surface area contributed by atoms with Gasteiger partial charge in [-0.2, -0.15) is 0 Å². The van der Waals surface area contributed by atoms with Crippen molar-refractivity contribution < 1.29 is 4.79 Å². The number of benzene rings is 1. The highest BCUT2D eigenvalue weighted by Crippen LogP contribution is 2.23. The van der Waals surface area contributed by atoms with Crippen molar-refractivity contribution in [2.45, 2.75) is 25.8 Å². The number of aryl methyl sites for hydroxylation is 1. The summed E-state index contributed by atoms with van der Waals surface area (Å²) in [5.41, 5.74) is 8.19. The third kappa shape index (κ3) is 2.00. The number of fused-ring (bicyclic) bond motifs is 1. The third-order valence-electron chi connectivity index (χ3n) is 2.84. The minimum atomic E-state index is -0.448. The van der Waals surface area contributed by atoms with Crippen molar-refractivity contribution in [2.75, 3.05) is 0 Å². The number of hydrogen-bond acceptors (Lipinski definition) is 2. The molecule has 5 heteroatoms. The first-order chi connectivity index (χ1) is 8.04. The van der Waals surface area contributed by atoms with Gasteiger partial charge in [0, 0.05) is 0 Å². The maximum Gasteiger partial charge on any atom is 0.240 e. The van der Waals surface area contributed by atoms with Crippen LogP contribution in [0.4, 0.5) is 0 Å². The highest BCUT2D eigenvalue weighted by molar-refractivity contribution is 6.16. The molecule has 0 saturated heterocycles. The van der Waals surface area contributed by atoms with E-state index in [1.807, 2.05) is 25.1 Å². The van der Waals surface area contributed by atoms with E-state index in [0.29, 0.717) is 5.82 Å². The summed E-state index contributed by atoms with van der Waals surface area (Å²) < 4.78 is 1.80. The van der Waals surface area contributed by atoms with Gasteiger partial charge in [-0.3, -0.25) is 4.79 Å². The van der Waals surface area contributed by atoms with Gasteiger partial charge < -0.3 is 10.3 Å². The van der Waals surface area contributed by atoms with E-state index in [1.54, 1.807) is 11.5 Å². The second-order valence-electron chi connectivity index (χ2n) is 4.10. The number of primary amides is 1. The van der Waals surface area contributed by atoms with Gasteiger partial charge in [-0.05, 0) is 31.5 Å². The molecule has 1 amide bonds. The van der Waals surface area contributed by atoms with Crippen LogP contribution in [0.3, 0.4) is 0 Å². The predicted molar refractivity (Wildman–Crippen MR) is 67.9 cm³/mol. The maximum atomic E-state index is 11.3. The third-order valence-corrected chi connectivity index (χ3v) is 3.08.